The average molecular weight is 272 g/mol. The second kappa shape index (κ2) is 5.25. The lowest BCUT2D eigenvalue weighted by Crippen LogP contribution is -2.34. The first-order valence-electron chi connectivity index (χ1n) is 7.01. The number of methoxy groups -OCH3 is 1. The number of hydrogen-bond donors (Lipinski definition) is 0. The molecule has 0 bridgehead atoms. The highest BCUT2D eigenvalue weighted by molar-refractivity contribution is 5.66. The number of hydrogen-bond acceptors (Lipinski definition) is 4. The van der Waals surface area contributed by atoms with Crippen LogP contribution >= 0.6 is 0 Å². The van der Waals surface area contributed by atoms with Crippen molar-refractivity contribution in [3.05, 3.63) is 35.9 Å². The Balaban J connectivity index is 2.03. The van der Waals surface area contributed by atoms with E-state index in [0.717, 1.165) is 31.2 Å². The van der Waals surface area contributed by atoms with E-state index >= 15 is 0 Å². The third-order valence-electron chi connectivity index (χ3n) is 3.87. The maximum absolute atomic E-state index is 5.17. The molecule has 1 aromatic carbocycles. The zero-order chi connectivity index (χ0) is 14.1. The molecule has 2 aromatic rings. The molecule has 0 amide bonds. The molecular formula is C15H20N4O. The van der Waals surface area contributed by atoms with Gasteiger partial charge in [0.1, 0.15) is 5.82 Å². The van der Waals surface area contributed by atoms with Crippen LogP contribution in [-0.4, -0.2) is 35.0 Å². The molecule has 1 aliphatic heterocycles. The van der Waals surface area contributed by atoms with E-state index in [0.29, 0.717) is 0 Å². The van der Waals surface area contributed by atoms with E-state index in [4.69, 9.17) is 4.74 Å². The summed E-state index contributed by atoms with van der Waals surface area (Å²) in [7, 11) is 1.74. The van der Waals surface area contributed by atoms with Gasteiger partial charge in [-0.15, -0.1) is 10.2 Å². The van der Waals surface area contributed by atoms with Crippen LogP contribution in [0, 0.1) is 6.92 Å². The number of fused-ring (bicyclic) bond motifs is 3. The summed E-state index contributed by atoms with van der Waals surface area (Å²) < 4.78 is 7.33. The molecule has 5 heteroatoms. The van der Waals surface area contributed by atoms with Gasteiger partial charge in [0.25, 0.3) is 0 Å². The molecule has 1 atom stereocenters. The van der Waals surface area contributed by atoms with Crippen molar-refractivity contribution in [3.63, 3.8) is 0 Å². The van der Waals surface area contributed by atoms with Crippen molar-refractivity contribution in [1.82, 2.24) is 14.8 Å². The third kappa shape index (κ3) is 1.98. The predicted molar refractivity (Wildman–Crippen MR) is 78.4 cm³/mol. The molecule has 0 saturated heterocycles. The van der Waals surface area contributed by atoms with Crippen LogP contribution in [0.4, 0.5) is 5.69 Å². The number of anilines is 1. The first-order valence-corrected chi connectivity index (χ1v) is 7.01. The Kier molecular flexibility index (Phi) is 3.44. The van der Waals surface area contributed by atoms with Gasteiger partial charge in [-0.25, -0.2) is 0 Å². The fraction of sp³-hybridized carbons (Fsp3) is 0.467. The van der Waals surface area contributed by atoms with E-state index in [9.17, 15) is 0 Å². The van der Waals surface area contributed by atoms with Crippen LogP contribution in [0.5, 0.6) is 0 Å². The minimum absolute atomic E-state index is 0.225. The van der Waals surface area contributed by atoms with E-state index in [1.165, 1.54) is 11.4 Å². The molecule has 0 saturated carbocycles. The zero-order valence-corrected chi connectivity index (χ0v) is 12.2. The first kappa shape index (κ1) is 13.1. The monoisotopic (exact) mass is 272 g/mol. The largest absolute Gasteiger partial charge is 0.385 e. The smallest absolute Gasteiger partial charge is 0.160 e. The van der Waals surface area contributed by atoms with E-state index in [1.54, 1.807) is 7.11 Å². The number of aromatic nitrogens is 3. The van der Waals surface area contributed by atoms with Gasteiger partial charge in [0.15, 0.2) is 5.82 Å². The number of ether oxygens (including phenoxy) is 1. The fourth-order valence-corrected chi connectivity index (χ4v) is 2.88. The molecule has 106 valence electrons. The van der Waals surface area contributed by atoms with Crippen LogP contribution in [0.2, 0.25) is 0 Å². The molecule has 20 heavy (non-hydrogen) atoms. The molecule has 1 aliphatic rings. The summed E-state index contributed by atoms with van der Waals surface area (Å²) in [5.74, 6) is 1.95. The standard InChI is InChI=1S/C15H20N4O/c1-11-15-17-16-12(2)19(15)14-8-5-4-7-13(14)18(11)9-6-10-20-3/h4-5,7-8,11H,6,9-10H2,1-3H3. The van der Waals surface area contributed by atoms with E-state index < -0.39 is 0 Å². The summed E-state index contributed by atoms with van der Waals surface area (Å²) in [5, 5.41) is 8.59. The van der Waals surface area contributed by atoms with Crippen molar-refractivity contribution in [3.8, 4) is 5.69 Å². The molecule has 0 N–H and O–H groups in total. The molecule has 0 radical (unpaired) electrons. The minimum atomic E-state index is 0.225. The SMILES string of the molecule is COCCCN1c2ccccc2-n2c(C)nnc2C1C. The maximum Gasteiger partial charge on any atom is 0.160 e. The van der Waals surface area contributed by atoms with Gasteiger partial charge in [-0.3, -0.25) is 4.57 Å². The highest BCUT2D eigenvalue weighted by atomic mass is 16.5. The van der Waals surface area contributed by atoms with Gasteiger partial charge in [-0.2, -0.15) is 0 Å². The Morgan fingerprint density at radius 2 is 1.95 bits per heavy atom. The second-order valence-electron chi connectivity index (χ2n) is 5.15. The summed E-state index contributed by atoms with van der Waals surface area (Å²) in [5.41, 5.74) is 2.41. The molecule has 0 spiro atoms. The summed E-state index contributed by atoms with van der Waals surface area (Å²) in [6, 6.07) is 8.67. The van der Waals surface area contributed by atoms with Gasteiger partial charge in [0, 0.05) is 20.3 Å². The van der Waals surface area contributed by atoms with Gasteiger partial charge in [-0.1, -0.05) is 12.1 Å². The fourth-order valence-electron chi connectivity index (χ4n) is 2.88. The molecule has 5 nitrogen and oxygen atoms in total. The van der Waals surface area contributed by atoms with Crippen LogP contribution < -0.4 is 4.90 Å². The van der Waals surface area contributed by atoms with Crippen molar-refractivity contribution >= 4 is 5.69 Å². The molecule has 0 fully saturated rings. The average Bonchev–Trinajstić information content (AvgIpc) is 2.85. The van der Waals surface area contributed by atoms with Gasteiger partial charge in [0.05, 0.1) is 17.4 Å². The lowest BCUT2D eigenvalue weighted by atomic mass is 10.1. The van der Waals surface area contributed by atoms with Gasteiger partial charge in [-0.05, 0) is 32.4 Å². The number of para-hydroxylation sites is 2. The summed E-state index contributed by atoms with van der Waals surface area (Å²) in [6.45, 7) is 5.91. The van der Waals surface area contributed by atoms with Crippen LogP contribution in [0.1, 0.15) is 31.0 Å². The van der Waals surface area contributed by atoms with Gasteiger partial charge >= 0.3 is 0 Å². The van der Waals surface area contributed by atoms with Crippen LogP contribution in [-0.2, 0) is 4.74 Å². The Bertz CT molecular complexity index is 608. The van der Waals surface area contributed by atoms with Gasteiger partial charge < -0.3 is 9.64 Å². The summed E-state index contributed by atoms with van der Waals surface area (Å²) in [4.78, 5) is 2.39. The molecular weight excluding hydrogens is 252 g/mol. The summed E-state index contributed by atoms with van der Waals surface area (Å²) in [6.07, 6.45) is 1.00. The topological polar surface area (TPSA) is 43.2 Å². The van der Waals surface area contributed by atoms with Crippen molar-refractivity contribution in [2.24, 2.45) is 0 Å². The highest BCUT2D eigenvalue weighted by Crippen LogP contribution is 2.37. The number of benzene rings is 1. The lowest BCUT2D eigenvalue weighted by molar-refractivity contribution is 0.195. The zero-order valence-electron chi connectivity index (χ0n) is 12.2. The third-order valence-corrected chi connectivity index (χ3v) is 3.87. The first-order chi connectivity index (χ1) is 9.74. The van der Waals surface area contributed by atoms with Crippen molar-refractivity contribution in [2.75, 3.05) is 25.2 Å². The lowest BCUT2D eigenvalue weighted by Gasteiger charge is -2.37. The van der Waals surface area contributed by atoms with Gasteiger partial charge in [0.2, 0.25) is 0 Å². The number of nitrogens with zero attached hydrogens (tertiary/aromatic N) is 4. The van der Waals surface area contributed by atoms with Crippen LogP contribution in [0.15, 0.2) is 24.3 Å². The molecule has 2 heterocycles. The van der Waals surface area contributed by atoms with Crippen LogP contribution in [0.3, 0.4) is 0 Å². The predicted octanol–water partition coefficient (Wildman–Crippen LogP) is 2.49. The van der Waals surface area contributed by atoms with Crippen LogP contribution in [0.25, 0.3) is 5.69 Å². The van der Waals surface area contributed by atoms with E-state index in [-0.39, 0.29) is 6.04 Å². The molecule has 1 aromatic heterocycles. The normalized spacial score (nSPS) is 16.9. The number of rotatable bonds is 4. The molecule has 0 aliphatic carbocycles. The summed E-state index contributed by atoms with van der Waals surface area (Å²) >= 11 is 0. The van der Waals surface area contributed by atoms with E-state index in [2.05, 4.69) is 50.9 Å². The van der Waals surface area contributed by atoms with Crippen molar-refractivity contribution in [2.45, 2.75) is 26.3 Å². The van der Waals surface area contributed by atoms with Crippen molar-refractivity contribution < 1.29 is 4.74 Å². The molecule has 1 unspecified atom stereocenters. The quantitative estimate of drug-likeness (QED) is 0.802. The Labute approximate surface area is 119 Å². The minimum Gasteiger partial charge on any atom is -0.385 e. The van der Waals surface area contributed by atoms with Crippen molar-refractivity contribution in [1.29, 1.82) is 0 Å². The Hall–Kier alpha value is -1.88. The highest BCUT2D eigenvalue weighted by Gasteiger charge is 2.30. The molecule has 3 rings (SSSR count). The van der Waals surface area contributed by atoms with E-state index in [1.807, 2.05) is 6.92 Å². The maximum atomic E-state index is 5.17. The Morgan fingerprint density at radius 1 is 1.20 bits per heavy atom. The second-order valence-corrected chi connectivity index (χ2v) is 5.15. The number of aryl methyl sites for hydroxylation is 1. The Morgan fingerprint density at radius 3 is 2.70 bits per heavy atom.